The van der Waals surface area contributed by atoms with Crippen molar-refractivity contribution in [2.45, 2.75) is 32.4 Å². The molecule has 0 saturated carbocycles. The third-order valence-corrected chi connectivity index (χ3v) is 4.03. The van der Waals surface area contributed by atoms with Gasteiger partial charge in [-0.15, -0.1) is 0 Å². The molecule has 1 aromatic rings. The first-order valence-electron chi connectivity index (χ1n) is 6.35. The van der Waals surface area contributed by atoms with Crippen molar-refractivity contribution >= 4 is 5.97 Å². The minimum atomic E-state index is -0.832. The van der Waals surface area contributed by atoms with Crippen LogP contribution in [-0.4, -0.2) is 28.6 Å². The summed E-state index contributed by atoms with van der Waals surface area (Å²) in [6.07, 6.45) is 0.539. The van der Waals surface area contributed by atoms with Gasteiger partial charge in [0.25, 0.3) is 0 Å². The van der Waals surface area contributed by atoms with Crippen LogP contribution in [0.2, 0.25) is 0 Å². The predicted molar refractivity (Wildman–Crippen MR) is 66.7 cm³/mol. The number of halogens is 2. The smallest absolute Gasteiger partial charge is 0.308 e. The number of carboxylic acids is 1. The molecule has 3 unspecified atom stereocenters. The van der Waals surface area contributed by atoms with Gasteiger partial charge in [0.1, 0.15) is 11.6 Å². The molecule has 0 radical (unpaired) electrons. The number of carbonyl (C=O) groups is 1. The summed E-state index contributed by atoms with van der Waals surface area (Å²) in [6.45, 7) is 4.17. The number of benzene rings is 1. The Balaban J connectivity index is 2.23. The molecule has 2 rings (SSSR count). The highest BCUT2D eigenvalue weighted by atomic mass is 19.1. The second-order valence-electron chi connectivity index (χ2n) is 5.05. The van der Waals surface area contributed by atoms with E-state index in [1.807, 2.05) is 11.8 Å². The van der Waals surface area contributed by atoms with Gasteiger partial charge in [-0.2, -0.15) is 0 Å². The summed E-state index contributed by atoms with van der Waals surface area (Å²) in [5.41, 5.74) is 0.276. The summed E-state index contributed by atoms with van der Waals surface area (Å²) < 4.78 is 27.0. The fourth-order valence-corrected chi connectivity index (χ4v) is 2.85. The van der Waals surface area contributed by atoms with Crippen LogP contribution in [0.4, 0.5) is 8.78 Å². The summed E-state index contributed by atoms with van der Waals surface area (Å²) in [5.74, 6) is -2.22. The molecule has 0 aromatic heterocycles. The summed E-state index contributed by atoms with van der Waals surface area (Å²) in [7, 11) is 0. The third kappa shape index (κ3) is 2.61. The fraction of sp³-hybridized carbons (Fsp3) is 0.500. The normalized spacial score (nSPS) is 25.5. The van der Waals surface area contributed by atoms with E-state index in [1.54, 1.807) is 6.92 Å². The van der Waals surface area contributed by atoms with E-state index in [0.717, 1.165) is 12.1 Å². The quantitative estimate of drug-likeness (QED) is 0.917. The van der Waals surface area contributed by atoms with Crippen LogP contribution in [0.15, 0.2) is 18.2 Å². The van der Waals surface area contributed by atoms with Gasteiger partial charge in [-0.05, 0) is 45.0 Å². The highest BCUT2D eigenvalue weighted by Crippen LogP contribution is 2.33. The zero-order chi connectivity index (χ0) is 14.2. The first kappa shape index (κ1) is 13.9. The maximum absolute atomic E-state index is 13.7. The number of hydrogen-bond donors (Lipinski definition) is 1. The van der Waals surface area contributed by atoms with Gasteiger partial charge >= 0.3 is 5.97 Å². The SMILES string of the molecule is CC(c1cc(F)ccc1F)N1CCC(C(=O)O)C1C. The second-order valence-corrected chi connectivity index (χ2v) is 5.05. The largest absolute Gasteiger partial charge is 0.481 e. The molecular formula is C14H17F2NO2. The summed E-state index contributed by atoms with van der Waals surface area (Å²) in [4.78, 5) is 13.0. The first-order chi connectivity index (χ1) is 8.91. The van der Waals surface area contributed by atoms with Crippen molar-refractivity contribution in [1.29, 1.82) is 0 Å². The molecule has 0 amide bonds. The number of aliphatic carboxylic acids is 1. The minimum absolute atomic E-state index is 0.185. The standard InChI is InChI=1S/C14H17F2NO2/c1-8-11(14(18)19)5-6-17(8)9(2)12-7-10(15)3-4-13(12)16/h3-4,7-9,11H,5-6H2,1-2H3,(H,18,19). The maximum atomic E-state index is 13.7. The van der Waals surface area contributed by atoms with Crippen molar-refractivity contribution in [3.63, 3.8) is 0 Å². The number of hydrogen-bond acceptors (Lipinski definition) is 2. The van der Waals surface area contributed by atoms with Crippen LogP contribution in [0, 0.1) is 17.6 Å². The van der Waals surface area contributed by atoms with E-state index in [1.165, 1.54) is 6.07 Å². The van der Waals surface area contributed by atoms with E-state index >= 15 is 0 Å². The van der Waals surface area contributed by atoms with Gasteiger partial charge in [-0.3, -0.25) is 9.69 Å². The van der Waals surface area contributed by atoms with Crippen LogP contribution in [0.3, 0.4) is 0 Å². The van der Waals surface area contributed by atoms with E-state index in [-0.39, 0.29) is 17.6 Å². The Bertz CT molecular complexity index is 492. The maximum Gasteiger partial charge on any atom is 0.308 e. The number of likely N-dealkylation sites (tertiary alicyclic amines) is 1. The number of rotatable bonds is 3. The Labute approximate surface area is 110 Å². The highest BCUT2D eigenvalue weighted by molar-refractivity contribution is 5.71. The molecule has 1 aromatic carbocycles. The van der Waals surface area contributed by atoms with Gasteiger partial charge < -0.3 is 5.11 Å². The lowest BCUT2D eigenvalue weighted by atomic mass is 10.0. The zero-order valence-electron chi connectivity index (χ0n) is 10.9. The van der Waals surface area contributed by atoms with Gasteiger partial charge in [0.15, 0.2) is 0 Å². The summed E-state index contributed by atoms with van der Waals surface area (Å²) in [6, 6.07) is 2.85. The Hall–Kier alpha value is -1.49. The van der Waals surface area contributed by atoms with Gasteiger partial charge in [-0.1, -0.05) is 0 Å². The lowest BCUT2D eigenvalue weighted by molar-refractivity contribution is -0.142. The van der Waals surface area contributed by atoms with Crippen LogP contribution in [0.5, 0.6) is 0 Å². The lowest BCUT2D eigenvalue weighted by Crippen LogP contribution is -2.35. The molecule has 5 heteroatoms. The number of nitrogens with zero attached hydrogens (tertiary/aromatic N) is 1. The molecule has 1 fully saturated rings. The van der Waals surface area contributed by atoms with Crippen molar-refractivity contribution < 1.29 is 18.7 Å². The predicted octanol–water partition coefficient (Wildman–Crippen LogP) is 2.82. The highest BCUT2D eigenvalue weighted by Gasteiger charge is 2.38. The first-order valence-corrected chi connectivity index (χ1v) is 6.35. The minimum Gasteiger partial charge on any atom is -0.481 e. The van der Waals surface area contributed by atoms with Crippen LogP contribution < -0.4 is 0 Å². The topological polar surface area (TPSA) is 40.5 Å². The summed E-state index contributed by atoms with van der Waals surface area (Å²) >= 11 is 0. The van der Waals surface area contributed by atoms with Gasteiger partial charge in [0.05, 0.1) is 5.92 Å². The molecule has 0 aliphatic carbocycles. The fourth-order valence-electron chi connectivity index (χ4n) is 2.85. The molecule has 104 valence electrons. The third-order valence-electron chi connectivity index (χ3n) is 4.03. The second kappa shape index (κ2) is 5.25. The molecule has 3 nitrogen and oxygen atoms in total. The van der Waals surface area contributed by atoms with Crippen molar-refractivity contribution in [2.75, 3.05) is 6.54 Å². The Morgan fingerprint density at radius 1 is 1.47 bits per heavy atom. The molecule has 1 N–H and O–H groups in total. The van der Waals surface area contributed by atoms with E-state index in [0.29, 0.717) is 13.0 Å². The summed E-state index contributed by atoms with van der Waals surface area (Å²) in [5, 5.41) is 9.09. The zero-order valence-corrected chi connectivity index (χ0v) is 10.9. The molecule has 1 aliphatic heterocycles. The molecule has 1 aliphatic rings. The van der Waals surface area contributed by atoms with Gasteiger partial charge in [-0.25, -0.2) is 8.78 Å². The van der Waals surface area contributed by atoms with Crippen molar-refractivity contribution in [1.82, 2.24) is 4.90 Å². The Morgan fingerprint density at radius 2 is 2.16 bits per heavy atom. The molecule has 0 bridgehead atoms. The van der Waals surface area contributed by atoms with Crippen LogP contribution in [0.25, 0.3) is 0 Å². The van der Waals surface area contributed by atoms with E-state index in [9.17, 15) is 13.6 Å². The molecule has 3 atom stereocenters. The van der Waals surface area contributed by atoms with E-state index in [2.05, 4.69) is 0 Å². The van der Waals surface area contributed by atoms with Crippen LogP contribution >= 0.6 is 0 Å². The molecule has 1 heterocycles. The van der Waals surface area contributed by atoms with Crippen molar-refractivity contribution in [3.05, 3.63) is 35.4 Å². The Morgan fingerprint density at radius 3 is 2.74 bits per heavy atom. The van der Waals surface area contributed by atoms with E-state index in [4.69, 9.17) is 5.11 Å². The van der Waals surface area contributed by atoms with Crippen LogP contribution in [-0.2, 0) is 4.79 Å². The van der Waals surface area contributed by atoms with Gasteiger partial charge in [0.2, 0.25) is 0 Å². The molecule has 19 heavy (non-hydrogen) atoms. The Kier molecular flexibility index (Phi) is 3.85. The van der Waals surface area contributed by atoms with Crippen molar-refractivity contribution in [3.8, 4) is 0 Å². The molecular weight excluding hydrogens is 252 g/mol. The monoisotopic (exact) mass is 269 g/mol. The lowest BCUT2D eigenvalue weighted by Gasteiger charge is -2.30. The van der Waals surface area contributed by atoms with Crippen LogP contribution in [0.1, 0.15) is 31.9 Å². The van der Waals surface area contributed by atoms with Crippen molar-refractivity contribution in [2.24, 2.45) is 5.92 Å². The average molecular weight is 269 g/mol. The molecule has 0 spiro atoms. The van der Waals surface area contributed by atoms with Gasteiger partial charge in [0, 0.05) is 17.6 Å². The molecule has 1 saturated heterocycles. The average Bonchev–Trinajstić information content (AvgIpc) is 2.73. The number of carboxylic acid groups (broad SMARTS) is 1. The van der Waals surface area contributed by atoms with E-state index < -0.39 is 23.5 Å².